The van der Waals surface area contributed by atoms with Crippen molar-refractivity contribution in [3.63, 3.8) is 0 Å². The lowest BCUT2D eigenvalue weighted by molar-refractivity contribution is 0.552. The molecule has 96 valence electrons. The molecular weight excluding hydrogens is 250 g/mol. The summed E-state index contributed by atoms with van der Waals surface area (Å²) in [6, 6.07) is 6.15. The highest BCUT2D eigenvalue weighted by Crippen LogP contribution is 2.23. The van der Waals surface area contributed by atoms with Gasteiger partial charge in [-0.3, -0.25) is 0 Å². The number of hydrogen-bond donors (Lipinski definition) is 2. The minimum Gasteiger partial charge on any atom is -0.398 e. The van der Waals surface area contributed by atoms with Crippen LogP contribution in [0.3, 0.4) is 0 Å². The Morgan fingerprint density at radius 1 is 1.33 bits per heavy atom. The third kappa shape index (κ3) is 2.63. The molecule has 0 bridgehead atoms. The first-order valence-electron chi connectivity index (χ1n) is 5.85. The fourth-order valence-corrected chi connectivity index (χ4v) is 3.61. The molecule has 6 heteroatoms. The van der Waals surface area contributed by atoms with Gasteiger partial charge < -0.3 is 5.73 Å². The third-order valence-corrected chi connectivity index (χ3v) is 4.70. The number of nitrogens with zero attached hydrogens (tertiary/aromatic N) is 1. The maximum absolute atomic E-state index is 12.1. The number of hydrogen-bond acceptors (Lipinski definition) is 4. The summed E-state index contributed by atoms with van der Waals surface area (Å²) in [5, 5.41) is 8.71. The molecule has 1 fully saturated rings. The Hall–Kier alpha value is -1.58. The molecule has 0 saturated heterocycles. The van der Waals surface area contributed by atoms with Crippen molar-refractivity contribution in [3.05, 3.63) is 23.8 Å². The lowest BCUT2D eigenvalue weighted by Gasteiger charge is -2.13. The van der Waals surface area contributed by atoms with Crippen LogP contribution in [0.1, 0.15) is 31.2 Å². The summed E-state index contributed by atoms with van der Waals surface area (Å²) >= 11 is 0. The van der Waals surface area contributed by atoms with Crippen molar-refractivity contribution in [1.29, 1.82) is 5.26 Å². The number of anilines is 1. The predicted molar refractivity (Wildman–Crippen MR) is 68.1 cm³/mol. The van der Waals surface area contributed by atoms with Crippen LogP contribution < -0.4 is 10.5 Å². The summed E-state index contributed by atoms with van der Waals surface area (Å²) in [7, 11) is -3.58. The summed E-state index contributed by atoms with van der Waals surface area (Å²) in [6.45, 7) is 0. The molecule has 0 atom stereocenters. The molecule has 1 aliphatic rings. The Morgan fingerprint density at radius 2 is 2.00 bits per heavy atom. The van der Waals surface area contributed by atoms with Crippen molar-refractivity contribution in [2.45, 2.75) is 36.6 Å². The Kier molecular flexibility index (Phi) is 3.55. The van der Waals surface area contributed by atoms with Crippen LogP contribution in [0.2, 0.25) is 0 Å². The normalized spacial score (nSPS) is 16.6. The molecule has 0 unspecified atom stereocenters. The second kappa shape index (κ2) is 4.96. The highest BCUT2D eigenvalue weighted by Gasteiger charge is 2.24. The maximum Gasteiger partial charge on any atom is 0.242 e. The van der Waals surface area contributed by atoms with Crippen LogP contribution in [0.15, 0.2) is 23.1 Å². The van der Waals surface area contributed by atoms with E-state index in [0.717, 1.165) is 25.7 Å². The second-order valence-electron chi connectivity index (χ2n) is 4.47. The topological polar surface area (TPSA) is 96.0 Å². The van der Waals surface area contributed by atoms with Crippen LogP contribution in [0.25, 0.3) is 0 Å². The van der Waals surface area contributed by atoms with Gasteiger partial charge in [0.05, 0.1) is 17.3 Å². The summed E-state index contributed by atoms with van der Waals surface area (Å²) in [5.41, 5.74) is 6.15. The van der Waals surface area contributed by atoms with Crippen LogP contribution in [-0.4, -0.2) is 14.5 Å². The highest BCUT2D eigenvalue weighted by molar-refractivity contribution is 7.89. The van der Waals surface area contributed by atoms with Crippen molar-refractivity contribution in [2.75, 3.05) is 5.73 Å². The number of nitrogens with two attached hydrogens (primary N) is 1. The molecule has 0 heterocycles. The second-order valence-corrected chi connectivity index (χ2v) is 6.15. The molecule has 0 radical (unpaired) electrons. The quantitative estimate of drug-likeness (QED) is 0.806. The molecule has 2 rings (SSSR count). The van der Waals surface area contributed by atoms with E-state index in [9.17, 15) is 8.42 Å². The van der Waals surface area contributed by atoms with Gasteiger partial charge in [-0.15, -0.1) is 0 Å². The Bertz CT molecular complexity index is 584. The first-order chi connectivity index (χ1) is 8.53. The molecule has 5 nitrogen and oxygen atoms in total. The number of sulfonamides is 1. The fourth-order valence-electron chi connectivity index (χ4n) is 2.19. The van der Waals surface area contributed by atoms with Crippen molar-refractivity contribution in [2.24, 2.45) is 0 Å². The molecule has 0 aromatic heterocycles. The van der Waals surface area contributed by atoms with Gasteiger partial charge in [0.2, 0.25) is 10.0 Å². The minimum absolute atomic E-state index is 0.00467. The average Bonchev–Trinajstić information content (AvgIpc) is 2.80. The Morgan fingerprint density at radius 3 is 2.56 bits per heavy atom. The van der Waals surface area contributed by atoms with Crippen LogP contribution >= 0.6 is 0 Å². The van der Waals surface area contributed by atoms with E-state index in [1.165, 1.54) is 18.2 Å². The van der Waals surface area contributed by atoms with Crippen molar-refractivity contribution in [1.82, 2.24) is 4.72 Å². The number of nitriles is 1. The maximum atomic E-state index is 12.1. The smallest absolute Gasteiger partial charge is 0.242 e. The van der Waals surface area contributed by atoms with E-state index >= 15 is 0 Å². The van der Waals surface area contributed by atoms with E-state index in [1.54, 1.807) is 0 Å². The summed E-state index contributed by atoms with van der Waals surface area (Å²) in [6.07, 6.45) is 3.84. The molecule has 0 amide bonds. The van der Waals surface area contributed by atoms with Gasteiger partial charge >= 0.3 is 0 Å². The molecule has 3 N–H and O–H groups in total. The third-order valence-electron chi connectivity index (χ3n) is 3.11. The van der Waals surface area contributed by atoms with Gasteiger partial charge in [0.25, 0.3) is 0 Å². The lowest BCUT2D eigenvalue weighted by Crippen LogP contribution is -2.33. The van der Waals surface area contributed by atoms with Gasteiger partial charge in [-0.05, 0) is 31.0 Å². The predicted octanol–water partition coefficient (Wildman–Crippen LogP) is 1.36. The number of rotatable bonds is 3. The molecule has 1 saturated carbocycles. The zero-order valence-corrected chi connectivity index (χ0v) is 10.7. The minimum atomic E-state index is -3.58. The zero-order chi connectivity index (χ0) is 13.2. The number of nitrogen functional groups attached to an aromatic ring is 1. The molecule has 0 aliphatic heterocycles. The van der Waals surface area contributed by atoms with Gasteiger partial charge in [0.1, 0.15) is 4.90 Å². The molecule has 18 heavy (non-hydrogen) atoms. The first kappa shape index (κ1) is 12.9. The molecule has 1 aromatic rings. The largest absolute Gasteiger partial charge is 0.398 e. The zero-order valence-electron chi connectivity index (χ0n) is 9.89. The standard InChI is InChI=1S/C12H15N3O2S/c13-8-9-5-6-12(11(14)7-9)18(16,17)15-10-3-1-2-4-10/h5-7,10,15H,1-4,14H2. The van der Waals surface area contributed by atoms with Crippen LogP contribution in [-0.2, 0) is 10.0 Å². The van der Waals surface area contributed by atoms with E-state index in [4.69, 9.17) is 11.0 Å². The van der Waals surface area contributed by atoms with E-state index < -0.39 is 10.0 Å². The van der Waals surface area contributed by atoms with Gasteiger partial charge in [0.15, 0.2) is 0 Å². The summed E-state index contributed by atoms with van der Waals surface area (Å²) in [5.74, 6) is 0. The number of nitrogens with one attached hydrogen (secondary N) is 1. The van der Waals surface area contributed by atoms with E-state index in [1.807, 2.05) is 6.07 Å². The Balaban J connectivity index is 2.27. The van der Waals surface area contributed by atoms with Crippen LogP contribution in [0.5, 0.6) is 0 Å². The molecule has 1 aliphatic carbocycles. The SMILES string of the molecule is N#Cc1ccc(S(=O)(=O)NC2CCCC2)c(N)c1. The monoisotopic (exact) mass is 265 g/mol. The van der Waals surface area contributed by atoms with E-state index in [0.29, 0.717) is 5.56 Å². The van der Waals surface area contributed by atoms with Crippen molar-refractivity contribution < 1.29 is 8.42 Å². The van der Waals surface area contributed by atoms with Crippen molar-refractivity contribution >= 4 is 15.7 Å². The van der Waals surface area contributed by atoms with E-state index in [2.05, 4.69) is 4.72 Å². The molecule has 0 spiro atoms. The van der Waals surface area contributed by atoms with Gasteiger partial charge in [-0.2, -0.15) is 5.26 Å². The highest BCUT2D eigenvalue weighted by atomic mass is 32.2. The van der Waals surface area contributed by atoms with Gasteiger partial charge in [0, 0.05) is 6.04 Å². The average molecular weight is 265 g/mol. The first-order valence-corrected chi connectivity index (χ1v) is 7.33. The lowest BCUT2D eigenvalue weighted by atomic mass is 10.2. The Labute approximate surface area is 107 Å². The molecule has 1 aromatic carbocycles. The number of benzene rings is 1. The van der Waals surface area contributed by atoms with Crippen molar-refractivity contribution in [3.8, 4) is 6.07 Å². The van der Waals surface area contributed by atoms with Crippen LogP contribution in [0, 0.1) is 11.3 Å². The van der Waals surface area contributed by atoms with Gasteiger partial charge in [-0.25, -0.2) is 13.1 Å². The molecular formula is C12H15N3O2S. The van der Waals surface area contributed by atoms with Crippen LogP contribution in [0.4, 0.5) is 5.69 Å². The van der Waals surface area contributed by atoms with Gasteiger partial charge in [-0.1, -0.05) is 12.8 Å². The summed E-state index contributed by atoms with van der Waals surface area (Å²) < 4.78 is 26.9. The summed E-state index contributed by atoms with van der Waals surface area (Å²) in [4.78, 5) is 0.0494. The fraction of sp³-hybridized carbons (Fsp3) is 0.417. The van der Waals surface area contributed by atoms with E-state index in [-0.39, 0.29) is 16.6 Å².